The third kappa shape index (κ3) is 5.82. The van der Waals surface area contributed by atoms with E-state index in [-0.39, 0.29) is 6.61 Å². The first-order valence-corrected chi connectivity index (χ1v) is 9.64. The number of benzene rings is 2. The van der Waals surface area contributed by atoms with Gasteiger partial charge in [0.25, 0.3) is 0 Å². The number of nitrogens with zero attached hydrogens (tertiary/aromatic N) is 3. The molecule has 2 aromatic carbocycles. The maximum absolute atomic E-state index is 12.8. The molecule has 8 nitrogen and oxygen atoms in total. The molecule has 0 radical (unpaired) electrons. The number of methoxy groups -OCH3 is 1. The number of amides is 1. The minimum absolute atomic E-state index is 0.148. The second-order valence-electron chi connectivity index (χ2n) is 6.99. The van der Waals surface area contributed by atoms with Gasteiger partial charge in [-0.05, 0) is 49.5 Å². The van der Waals surface area contributed by atoms with Crippen LogP contribution in [0.15, 0.2) is 60.9 Å². The summed E-state index contributed by atoms with van der Waals surface area (Å²) in [4.78, 5) is 14.9. The van der Waals surface area contributed by atoms with Gasteiger partial charge < -0.3 is 14.4 Å². The smallest absolute Gasteiger partial charge is 0.429 e. The fraction of sp³-hybridized carbons (Fsp3) is 0.273. The molecular formula is C22H27N5O3. The highest BCUT2D eigenvalue weighted by Crippen LogP contribution is 2.22. The van der Waals surface area contributed by atoms with Gasteiger partial charge >= 0.3 is 6.09 Å². The van der Waals surface area contributed by atoms with Crippen molar-refractivity contribution in [1.82, 2.24) is 20.5 Å². The lowest BCUT2D eigenvalue weighted by Crippen LogP contribution is -2.46. The lowest BCUT2D eigenvalue weighted by Gasteiger charge is -2.24. The van der Waals surface area contributed by atoms with Gasteiger partial charge in [-0.15, -0.1) is 0 Å². The minimum atomic E-state index is -0.479. The Morgan fingerprint density at radius 1 is 1.13 bits per heavy atom. The molecule has 0 atom stereocenters. The fourth-order valence-corrected chi connectivity index (χ4v) is 2.83. The van der Waals surface area contributed by atoms with Crippen molar-refractivity contribution < 1.29 is 14.3 Å². The largest absolute Gasteiger partial charge is 0.497 e. The molecule has 8 heteroatoms. The van der Waals surface area contributed by atoms with E-state index >= 15 is 0 Å². The first-order chi connectivity index (χ1) is 14.6. The average Bonchev–Trinajstić information content (AvgIpc) is 3.30. The summed E-state index contributed by atoms with van der Waals surface area (Å²) < 4.78 is 10.8. The molecule has 3 rings (SSSR count). The number of hydrogen-bond donors (Lipinski definition) is 2. The molecule has 0 aliphatic carbocycles. The molecule has 1 amide bonds. The Hall–Kier alpha value is -3.36. The van der Waals surface area contributed by atoms with Crippen molar-refractivity contribution in [1.29, 1.82) is 0 Å². The van der Waals surface area contributed by atoms with E-state index < -0.39 is 6.09 Å². The zero-order valence-corrected chi connectivity index (χ0v) is 17.5. The van der Waals surface area contributed by atoms with Crippen molar-refractivity contribution in [2.24, 2.45) is 0 Å². The summed E-state index contributed by atoms with van der Waals surface area (Å²) in [6.45, 7) is 1.51. The van der Waals surface area contributed by atoms with E-state index in [1.54, 1.807) is 13.3 Å². The van der Waals surface area contributed by atoms with Gasteiger partial charge in [-0.2, -0.15) is 5.10 Å². The Balaban J connectivity index is 1.71. The third-order valence-corrected chi connectivity index (χ3v) is 4.47. The Bertz CT molecular complexity index is 926. The van der Waals surface area contributed by atoms with E-state index in [2.05, 4.69) is 15.6 Å². The van der Waals surface area contributed by atoms with Crippen LogP contribution >= 0.6 is 0 Å². The molecule has 0 bridgehead atoms. The quantitative estimate of drug-likeness (QED) is 0.528. The maximum Gasteiger partial charge on any atom is 0.429 e. The topological polar surface area (TPSA) is 82.7 Å². The van der Waals surface area contributed by atoms with Crippen molar-refractivity contribution >= 4 is 11.8 Å². The molecule has 0 unspecified atom stereocenters. The number of carbonyl (C=O) groups excluding carboxylic acids is 1. The number of ether oxygens (including phenoxy) is 2. The molecule has 0 saturated heterocycles. The molecule has 0 aliphatic rings. The lowest BCUT2D eigenvalue weighted by molar-refractivity contribution is 0.143. The van der Waals surface area contributed by atoms with Gasteiger partial charge in [0.05, 0.1) is 19.0 Å². The fourth-order valence-electron chi connectivity index (χ4n) is 2.83. The number of anilines is 1. The average molecular weight is 409 g/mol. The normalized spacial score (nSPS) is 10.8. The van der Waals surface area contributed by atoms with E-state index in [4.69, 9.17) is 9.47 Å². The van der Waals surface area contributed by atoms with Gasteiger partial charge in [0.15, 0.2) is 0 Å². The van der Waals surface area contributed by atoms with Crippen LogP contribution in [-0.4, -0.2) is 55.5 Å². The van der Waals surface area contributed by atoms with Crippen LogP contribution in [0.2, 0.25) is 0 Å². The van der Waals surface area contributed by atoms with Crippen LogP contribution in [0.3, 0.4) is 0 Å². The van der Waals surface area contributed by atoms with Gasteiger partial charge in [-0.3, -0.25) is 5.10 Å². The molecule has 1 heterocycles. The van der Waals surface area contributed by atoms with Crippen LogP contribution in [0, 0.1) is 0 Å². The highest BCUT2D eigenvalue weighted by molar-refractivity contribution is 5.87. The highest BCUT2D eigenvalue weighted by Gasteiger charge is 2.18. The molecule has 0 spiro atoms. The van der Waals surface area contributed by atoms with E-state index in [0.717, 1.165) is 29.0 Å². The first-order valence-electron chi connectivity index (χ1n) is 9.64. The van der Waals surface area contributed by atoms with Gasteiger partial charge in [-0.25, -0.2) is 15.2 Å². The molecule has 0 fully saturated rings. The highest BCUT2D eigenvalue weighted by atomic mass is 16.6. The number of nitrogens with one attached hydrogen (secondary N) is 2. The van der Waals surface area contributed by atoms with Gasteiger partial charge in [0.2, 0.25) is 0 Å². The number of rotatable bonds is 9. The molecule has 3 aromatic rings. The van der Waals surface area contributed by atoms with Crippen LogP contribution in [0.5, 0.6) is 5.75 Å². The summed E-state index contributed by atoms with van der Waals surface area (Å²) >= 11 is 0. The maximum atomic E-state index is 12.8. The number of carbonyl (C=O) groups is 1. The zero-order chi connectivity index (χ0) is 21.3. The third-order valence-electron chi connectivity index (χ3n) is 4.47. The lowest BCUT2D eigenvalue weighted by atomic mass is 10.1. The summed E-state index contributed by atoms with van der Waals surface area (Å²) in [5.74, 6) is 0.722. The number of aromatic amines is 1. The van der Waals surface area contributed by atoms with Gasteiger partial charge in [0.1, 0.15) is 12.4 Å². The van der Waals surface area contributed by atoms with Crippen LogP contribution in [0.1, 0.15) is 5.56 Å². The van der Waals surface area contributed by atoms with Crippen LogP contribution in [0.4, 0.5) is 10.5 Å². The minimum Gasteiger partial charge on any atom is -0.497 e. The predicted molar refractivity (Wildman–Crippen MR) is 116 cm³/mol. The van der Waals surface area contributed by atoms with Gasteiger partial charge in [0, 0.05) is 24.8 Å². The molecule has 30 heavy (non-hydrogen) atoms. The van der Waals surface area contributed by atoms with Crippen molar-refractivity contribution in [3.8, 4) is 16.9 Å². The summed E-state index contributed by atoms with van der Waals surface area (Å²) in [6, 6.07) is 15.1. The zero-order valence-electron chi connectivity index (χ0n) is 17.5. The molecule has 0 aliphatic heterocycles. The number of hydrazine groups is 1. The number of H-pyrrole nitrogens is 1. The second kappa shape index (κ2) is 10.4. The SMILES string of the molecule is COc1cccc(COC(=O)N(NCCN(C)C)c2ccc(-c3cn[nH]c3)cc2)c1. The molecule has 0 saturated carbocycles. The van der Waals surface area contributed by atoms with Crippen LogP contribution < -0.4 is 15.2 Å². The number of aromatic nitrogens is 2. The van der Waals surface area contributed by atoms with Crippen molar-refractivity contribution in [3.63, 3.8) is 0 Å². The van der Waals surface area contributed by atoms with E-state index in [9.17, 15) is 4.79 Å². The summed E-state index contributed by atoms with van der Waals surface area (Å²) in [5.41, 5.74) is 6.68. The van der Waals surface area contributed by atoms with Crippen molar-refractivity contribution in [2.75, 3.05) is 39.3 Å². The number of likely N-dealkylation sites (N-methyl/N-ethyl adjacent to an activating group) is 1. The summed E-state index contributed by atoms with van der Waals surface area (Å²) in [5, 5.41) is 8.21. The van der Waals surface area contributed by atoms with Crippen molar-refractivity contribution in [3.05, 3.63) is 66.5 Å². The van der Waals surface area contributed by atoms with Gasteiger partial charge in [-0.1, -0.05) is 24.3 Å². The Kier molecular flexibility index (Phi) is 7.42. The predicted octanol–water partition coefficient (Wildman–Crippen LogP) is 3.29. The molecule has 1 aromatic heterocycles. The first kappa shape index (κ1) is 21.4. The summed E-state index contributed by atoms with van der Waals surface area (Å²) in [7, 11) is 5.56. The standard InChI is InChI=1S/C22H27N5O3/c1-26(2)12-11-25-27(20-9-7-18(8-10-20)19-14-23-24-15-19)22(28)30-16-17-5-4-6-21(13-17)29-3/h4-10,13-15,25H,11-12,16H2,1-3H3,(H,23,24). The Morgan fingerprint density at radius 2 is 1.93 bits per heavy atom. The molecular weight excluding hydrogens is 382 g/mol. The van der Waals surface area contributed by atoms with Crippen LogP contribution in [0.25, 0.3) is 11.1 Å². The van der Waals surface area contributed by atoms with Crippen molar-refractivity contribution in [2.45, 2.75) is 6.61 Å². The van der Waals surface area contributed by atoms with E-state index in [0.29, 0.717) is 12.2 Å². The van der Waals surface area contributed by atoms with E-state index in [1.165, 1.54) is 5.01 Å². The molecule has 2 N–H and O–H groups in total. The monoisotopic (exact) mass is 409 g/mol. The Morgan fingerprint density at radius 3 is 2.60 bits per heavy atom. The van der Waals surface area contributed by atoms with Crippen LogP contribution in [-0.2, 0) is 11.3 Å². The second-order valence-corrected chi connectivity index (χ2v) is 6.99. The van der Waals surface area contributed by atoms with E-state index in [1.807, 2.05) is 73.7 Å². The summed E-state index contributed by atoms with van der Waals surface area (Å²) in [6.07, 6.45) is 3.10. The molecule has 158 valence electrons. The number of hydrogen-bond acceptors (Lipinski definition) is 6. The Labute approximate surface area is 176 Å².